The molecule has 7 aromatic rings. The van der Waals surface area contributed by atoms with E-state index < -0.39 is 20.7 Å². The van der Waals surface area contributed by atoms with Crippen LogP contribution in [0.1, 0.15) is 10.4 Å². The molecule has 58 heavy (non-hydrogen) atoms. The number of nitro groups is 3. The van der Waals surface area contributed by atoms with Gasteiger partial charge in [-0.1, -0.05) is 106 Å². The highest BCUT2D eigenvalue weighted by Gasteiger charge is 2.19. The summed E-state index contributed by atoms with van der Waals surface area (Å²) in [5, 5.41) is 56.5. The number of amides is 1. The van der Waals surface area contributed by atoms with E-state index in [4.69, 9.17) is 23.8 Å². The zero-order valence-corrected chi connectivity index (χ0v) is 34.7. The lowest BCUT2D eigenvalue weighted by molar-refractivity contribution is -0.385. The van der Waals surface area contributed by atoms with Crippen LogP contribution in [0.25, 0.3) is 31.7 Å². The first-order valence-electron chi connectivity index (χ1n) is 15.8. The van der Waals surface area contributed by atoms with Crippen molar-refractivity contribution < 1.29 is 19.6 Å². The zero-order chi connectivity index (χ0) is 42.2. The van der Waals surface area contributed by atoms with Crippen LogP contribution in [0.3, 0.4) is 0 Å². The molecule has 0 unspecified atom stereocenters. The highest BCUT2D eigenvalue weighted by atomic mass is 32.2. The van der Waals surface area contributed by atoms with E-state index in [1.165, 1.54) is 70.8 Å². The van der Waals surface area contributed by atoms with Crippen LogP contribution in [-0.2, 0) is 0 Å². The minimum Gasteiger partial charge on any atom is -0.398 e. The number of benzene rings is 4. The summed E-state index contributed by atoms with van der Waals surface area (Å²) in [7, 11) is 0. The molecule has 0 aliphatic rings. The molecule has 0 radical (unpaired) electrons. The van der Waals surface area contributed by atoms with Crippen molar-refractivity contribution in [2.45, 2.75) is 8.68 Å². The Balaban J connectivity index is 0.000000172. The van der Waals surface area contributed by atoms with E-state index in [0.29, 0.717) is 25.1 Å². The molecule has 3 heterocycles. The maximum absolute atomic E-state index is 11.0. The number of hydrogen-bond acceptors (Lipinski definition) is 20. The lowest BCUT2D eigenvalue weighted by Gasteiger charge is -1.99. The van der Waals surface area contributed by atoms with Crippen molar-refractivity contribution in [1.29, 1.82) is 0 Å². The SMILES string of the molecule is CSc1nnc(-c2ccccc2N)s1.CSc1nnc(-c2ccccc2[N+](=O)[O-])s1.NNC(=O)c1ccccc1[N+](=O)[O-].O=[N+]([O-])c1ccccc1-c1n[nH]c(=S)s1. The van der Waals surface area contributed by atoms with Crippen molar-refractivity contribution in [3.63, 3.8) is 0 Å². The minimum atomic E-state index is -0.674. The maximum atomic E-state index is 11.0. The number of thioether (sulfide) groups is 2. The van der Waals surface area contributed by atoms with Crippen molar-refractivity contribution in [3.8, 4) is 31.7 Å². The normalized spacial score (nSPS) is 10.1. The minimum absolute atomic E-state index is 0.0373. The molecule has 19 nitrogen and oxygen atoms in total. The number of carbonyl (C=O) groups excluding carboxylic acids is 1. The number of H-pyrrole nitrogens is 1. The molecule has 0 saturated carbocycles. The van der Waals surface area contributed by atoms with Crippen molar-refractivity contribution in [3.05, 3.63) is 137 Å². The Morgan fingerprint density at radius 3 is 1.52 bits per heavy atom. The predicted molar refractivity (Wildman–Crippen MR) is 229 cm³/mol. The number of aromatic nitrogens is 6. The van der Waals surface area contributed by atoms with Gasteiger partial charge in [0, 0.05) is 29.4 Å². The Bertz CT molecular complexity index is 2580. The molecular formula is C33H28N12O7S6. The van der Waals surface area contributed by atoms with E-state index in [-0.39, 0.29) is 22.6 Å². The molecule has 0 spiro atoms. The van der Waals surface area contributed by atoms with E-state index in [1.807, 2.05) is 42.2 Å². The molecule has 0 aliphatic carbocycles. The van der Waals surface area contributed by atoms with Gasteiger partial charge >= 0.3 is 0 Å². The molecule has 1 amide bonds. The van der Waals surface area contributed by atoms with Gasteiger partial charge in [-0.2, -0.15) is 5.10 Å². The summed E-state index contributed by atoms with van der Waals surface area (Å²) in [6.07, 6.45) is 3.88. The van der Waals surface area contributed by atoms with Crippen molar-refractivity contribution >= 4 is 98.4 Å². The first kappa shape index (κ1) is 44.6. The molecule has 6 N–H and O–H groups in total. The fourth-order valence-corrected chi connectivity index (χ4v) is 7.91. The van der Waals surface area contributed by atoms with Crippen LogP contribution >= 0.6 is 69.8 Å². The average Bonchev–Trinajstić information content (AvgIpc) is 4.03. The van der Waals surface area contributed by atoms with E-state index >= 15 is 0 Å². The molecule has 7 rings (SSSR count). The lowest BCUT2D eigenvalue weighted by atomic mass is 10.2. The third-order valence-electron chi connectivity index (χ3n) is 6.93. The lowest BCUT2D eigenvalue weighted by Crippen LogP contribution is -2.30. The van der Waals surface area contributed by atoms with Crippen LogP contribution < -0.4 is 17.0 Å². The zero-order valence-electron chi connectivity index (χ0n) is 29.8. The highest BCUT2D eigenvalue weighted by Crippen LogP contribution is 2.34. The molecular weight excluding hydrogens is 869 g/mol. The van der Waals surface area contributed by atoms with E-state index in [1.54, 1.807) is 59.5 Å². The molecule has 0 bridgehead atoms. The number of nitrogen functional groups attached to an aromatic ring is 2. The largest absolute Gasteiger partial charge is 0.398 e. The highest BCUT2D eigenvalue weighted by molar-refractivity contribution is 8.00. The standard InChI is InChI=1S/C9H7N3O2S2.C9H9N3S2.C8H5N3O2S2.C7H7N3O3/c1-15-9-11-10-8(16-9)6-4-2-3-5-7(6)12(13)14;1-13-9-12-11-8(14-9)6-4-2-3-5-7(6)10;12-11(13)6-4-2-1-3-5(6)7-9-10-8(14)15-7;8-9-7(11)5-3-1-2-4-6(5)10(12)13/h2-5H,1H3;2-5H,10H2,1H3;1-4H,(H,10,14);1-4H,8H2,(H,9,11). The molecule has 0 saturated heterocycles. The maximum Gasteiger partial charge on any atom is 0.282 e. The van der Waals surface area contributed by atoms with Gasteiger partial charge in [0.2, 0.25) is 0 Å². The van der Waals surface area contributed by atoms with Gasteiger partial charge in [-0.15, -0.1) is 20.4 Å². The number of anilines is 1. The Hall–Kier alpha value is -6.09. The van der Waals surface area contributed by atoms with Crippen molar-refractivity contribution in [2.75, 3.05) is 18.2 Å². The molecule has 3 aromatic heterocycles. The van der Waals surface area contributed by atoms with E-state index in [9.17, 15) is 35.1 Å². The van der Waals surface area contributed by atoms with Crippen LogP contribution in [0.4, 0.5) is 22.7 Å². The van der Waals surface area contributed by atoms with Crippen LogP contribution in [0.5, 0.6) is 0 Å². The molecule has 298 valence electrons. The van der Waals surface area contributed by atoms with Crippen LogP contribution in [0.2, 0.25) is 0 Å². The van der Waals surface area contributed by atoms with E-state index in [2.05, 4.69) is 30.6 Å². The van der Waals surface area contributed by atoms with Gasteiger partial charge in [-0.25, -0.2) is 5.84 Å². The summed E-state index contributed by atoms with van der Waals surface area (Å²) < 4.78 is 2.26. The molecule has 25 heteroatoms. The first-order valence-corrected chi connectivity index (χ1v) is 21.1. The summed E-state index contributed by atoms with van der Waals surface area (Å²) in [6, 6.07) is 26.3. The second kappa shape index (κ2) is 22.0. The van der Waals surface area contributed by atoms with Gasteiger partial charge in [0.05, 0.1) is 25.9 Å². The van der Waals surface area contributed by atoms with Crippen LogP contribution in [0.15, 0.2) is 106 Å². The second-order valence-electron chi connectivity index (χ2n) is 10.5. The van der Waals surface area contributed by atoms with Gasteiger partial charge in [0.25, 0.3) is 23.0 Å². The summed E-state index contributed by atoms with van der Waals surface area (Å²) >= 11 is 12.1. The molecule has 0 fully saturated rings. The van der Waals surface area contributed by atoms with Gasteiger partial charge in [0.15, 0.2) is 27.7 Å². The Kier molecular flexibility index (Phi) is 16.9. The van der Waals surface area contributed by atoms with Gasteiger partial charge in [0.1, 0.15) is 5.56 Å². The predicted octanol–water partition coefficient (Wildman–Crippen LogP) is 8.32. The number of aromatic amines is 1. The van der Waals surface area contributed by atoms with Crippen LogP contribution in [0, 0.1) is 34.3 Å². The topological polar surface area (TPSA) is 291 Å². The Labute approximate surface area is 353 Å². The van der Waals surface area contributed by atoms with E-state index in [0.717, 1.165) is 24.9 Å². The number of nitrogens with zero attached hydrogens (tertiary/aromatic N) is 8. The Morgan fingerprint density at radius 2 is 1.09 bits per heavy atom. The summed E-state index contributed by atoms with van der Waals surface area (Å²) in [6.45, 7) is 0. The number of para-hydroxylation sites is 4. The summed E-state index contributed by atoms with van der Waals surface area (Å²) in [4.78, 5) is 41.5. The quantitative estimate of drug-likeness (QED) is 0.0201. The average molecular weight is 897 g/mol. The molecule has 4 aromatic carbocycles. The third-order valence-corrected chi connectivity index (χ3v) is 11.9. The first-order chi connectivity index (χ1) is 27.9. The number of rotatable bonds is 9. The fourth-order valence-electron chi connectivity index (χ4n) is 4.37. The number of nitrogens with one attached hydrogen (secondary N) is 2. The number of carbonyl (C=O) groups is 1. The smallest absolute Gasteiger partial charge is 0.282 e. The number of hydrogen-bond donors (Lipinski definition) is 4. The summed E-state index contributed by atoms with van der Waals surface area (Å²) in [5.74, 6) is 4.18. The van der Waals surface area contributed by atoms with Crippen LogP contribution in [-0.4, -0.2) is 63.8 Å². The van der Waals surface area contributed by atoms with Gasteiger partial charge < -0.3 is 5.73 Å². The van der Waals surface area contributed by atoms with Gasteiger partial charge in [-0.05, 0) is 55.1 Å². The number of hydrazine groups is 1. The third kappa shape index (κ3) is 12.2. The number of nitro benzene ring substituents is 3. The fraction of sp³-hybridized carbons (Fsp3) is 0.0606. The molecule has 0 aliphatic heterocycles. The number of nitrogens with two attached hydrogens (primary N) is 2. The second-order valence-corrected chi connectivity index (χ2v) is 16.2. The Morgan fingerprint density at radius 1 is 0.655 bits per heavy atom. The van der Waals surface area contributed by atoms with Crippen molar-refractivity contribution in [2.24, 2.45) is 5.84 Å². The van der Waals surface area contributed by atoms with Crippen molar-refractivity contribution in [1.82, 2.24) is 36.0 Å². The molecule has 0 atom stereocenters. The summed E-state index contributed by atoms with van der Waals surface area (Å²) in [5.41, 5.74) is 10.2. The monoisotopic (exact) mass is 896 g/mol. The van der Waals surface area contributed by atoms with Gasteiger partial charge in [-0.3, -0.25) is 45.7 Å².